The number of hydrogen-bond donors (Lipinski definition) is 3. The number of nitrogens with one attached hydrogen (secondary N) is 3. The van der Waals surface area contributed by atoms with Crippen LogP contribution >= 0.6 is 11.6 Å². The van der Waals surface area contributed by atoms with E-state index in [1.165, 1.54) is 10.9 Å². The fraction of sp³-hybridized carbons (Fsp3) is 0.304. The van der Waals surface area contributed by atoms with Crippen molar-refractivity contribution in [3.8, 4) is 5.82 Å². The molecule has 0 bridgehead atoms. The van der Waals surface area contributed by atoms with Crippen LogP contribution in [-0.4, -0.2) is 40.8 Å². The van der Waals surface area contributed by atoms with Gasteiger partial charge >= 0.3 is 0 Å². The summed E-state index contributed by atoms with van der Waals surface area (Å²) >= 11 is 6.24. The Morgan fingerprint density at radius 3 is 2.74 bits per heavy atom. The molecule has 35 heavy (non-hydrogen) atoms. The lowest BCUT2D eigenvalue weighted by atomic mass is 9.73. The lowest BCUT2D eigenvalue weighted by Gasteiger charge is -2.34. The minimum absolute atomic E-state index is 0.0220. The highest BCUT2D eigenvalue weighted by atomic mass is 35.5. The average Bonchev–Trinajstić information content (AvgIpc) is 3.42. The second kappa shape index (κ2) is 9.41. The van der Waals surface area contributed by atoms with Crippen molar-refractivity contribution in [1.29, 1.82) is 0 Å². The molecule has 5 rings (SSSR count). The van der Waals surface area contributed by atoms with E-state index in [0.717, 1.165) is 17.5 Å². The fourth-order valence-corrected chi connectivity index (χ4v) is 4.08. The lowest BCUT2D eigenvalue weighted by molar-refractivity contribution is -0.128. The van der Waals surface area contributed by atoms with Gasteiger partial charge in [-0.2, -0.15) is 10.2 Å². The van der Waals surface area contributed by atoms with E-state index in [1.807, 2.05) is 26.0 Å². The maximum absolute atomic E-state index is 13.2. The van der Waals surface area contributed by atoms with E-state index in [-0.39, 0.29) is 23.8 Å². The number of halogens is 2. The molecule has 0 spiro atoms. The number of aromatic nitrogens is 7. The zero-order valence-electron chi connectivity index (χ0n) is 19.0. The van der Waals surface area contributed by atoms with Gasteiger partial charge in [0.2, 0.25) is 5.91 Å². The summed E-state index contributed by atoms with van der Waals surface area (Å²) in [6, 6.07) is 5.20. The average molecular weight is 496 g/mol. The van der Waals surface area contributed by atoms with Crippen molar-refractivity contribution < 1.29 is 9.18 Å². The standard InChI is InChI=1S/C23H23ClFN9O/c1-12-5-19(33-32-12)30-22-18(24)10-27-21(31-22)15-6-16(7-15)23(35)29-13(2)14-3-4-20(26-8-14)34-11-17(25)9-28-34/h3-5,8-11,13,15-16H,6-7H2,1-2H3,(H,29,35)(H2,27,30,31,32,33)/t13-,15?,16?/m0/s1. The molecule has 1 aliphatic carbocycles. The number of carbonyl (C=O) groups excluding carboxylic acids is 1. The van der Waals surface area contributed by atoms with Gasteiger partial charge in [0.1, 0.15) is 10.8 Å². The SMILES string of the molecule is Cc1cc(Nc2nc(C3CC(C(=O)N[C@@H](C)c4ccc(-n5cc(F)cn5)nc4)C3)ncc2Cl)n[nH]1. The van der Waals surface area contributed by atoms with Crippen LogP contribution in [0.2, 0.25) is 5.02 Å². The van der Waals surface area contributed by atoms with Gasteiger partial charge in [0, 0.05) is 29.8 Å². The van der Waals surface area contributed by atoms with Crippen LogP contribution in [0.3, 0.4) is 0 Å². The summed E-state index contributed by atoms with van der Waals surface area (Å²) in [4.78, 5) is 26.0. The minimum Gasteiger partial charge on any atom is -0.349 e. The summed E-state index contributed by atoms with van der Waals surface area (Å²) in [7, 11) is 0. The van der Waals surface area contributed by atoms with Crippen molar-refractivity contribution in [2.24, 2.45) is 5.92 Å². The van der Waals surface area contributed by atoms with Crippen LogP contribution in [0.4, 0.5) is 16.0 Å². The number of pyridine rings is 1. The molecule has 1 saturated carbocycles. The molecule has 4 aromatic heterocycles. The van der Waals surface area contributed by atoms with Gasteiger partial charge in [0.05, 0.1) is 24.6 Å². The Morgan fingerprint density at radius 1 is 1.26 bits per heavy atom. The van der Waals surface area contributed by atoms with E-state index in [0.29, 0.717) is 41.1 Å². The maximum atomic E-state index is 13.2. The molecule has 0 aliphatic heterocycles. The Bertz CT molecular complexity index is 1350. The van der Waals surface area contributed by atoms with Crippen molar-refractivity contribution >= 4 is 29.1 Å². The summed E-state index contributed by atoms with van der Waals surface area (Å²) < 4.78 is 14.5. The number of anilines is 2. The number of carbonyl (C=O) groups is 1. The number of rotatable bonds is 7. The molecule has 1 fully saturated rings. The molecule has 0 unspecified atom stereocenters. The van der Waals surface area contributed by atoms with Gasteiger partial charge in [-0.3, -0.25) is 9.89 Å². The number of H-pyrrole nitrogens is 1. The topological polar surface area (TPSA) is 126 Å². The van der Waals surface area contributed by atoms with Crippen LogP contribution in [0, 0.1) is 18.7 Å². The summed E-state index contributed by atoms with van der Waals surface area (Å²) in [6.45, 7) is 3.80. The minimum atomic E-state index is -0.431. The fourth-order valence-electron chi connectivity index (χ4n) is 3.94. The van der Waals surface area contributed by atoms with E-state index >= 15 is 0 Å². The molecule has 180 valence electrons. The number of hydrogen-bond acceptors (Lipinski definition) is 7. The Hall–Kier alpha value is -3.86. The molecule has 3 N–H and O–H groups in total. The Morgan fingerprint density at radius 2 is 2.09 bits per heavy atom. The second-order valence-electron chi connectivity index (χ2n) is 8.63. The van der Waals surface area contributed by atoms with E-state index in [2.05, 4.69) is 40.9 Å². The first-order valence-electron chi connectivity index (χ1n) is 11.1. The molecule has 1 aliphatic rings. The maximum Gasteiger partial charge on any atom is 0.223 e. The largest absolute Gasteiger partial charge is 0.349 e. The van der Waals surface area contributed by atoms with Crippen molar-refractivity contribution in [2.45, 2.75) is 38.6 Å². The molecule has 4 aromatic rings. The third kappa shape index (κ3) is 4.99. The monoisotopic (exact) mass is 495 g/mol. The molecular formula is C23H23ClFN9O. The Balaban J connectivity index is 1.16. The molecule has 4 heterocycles. The van der Waals surface area contributed by atoms with Gasteiger partial charge in [-0.15, -0.1) is 0 Å². The van der Waals surface area contributed by atoms with Crippen LogP contribution < -0.4 is 10.6 Å². The molecule has 0 radical (unpaired) electrons. The Kier molecular flexibility index (Phi) is 6.16. The van der Waals surface area contributed by atoms with Crippen LogP contribution in [-0.2, 0) is 4.79 Å². The van der Waals surface area contributed by atoms with Gasteiger partial charge < -0.3 is 10.6 Å². The number of amides is 1. The zero-order valence-corrected chi connectivity index (χ0v) is 19.8. The van der Waals surface area contributed by atoms with Crippen LogP contribution in [0.5, 0.6) is 0 Å². The molecule has 12 heteroatoms. The van der Waals surface area contributed by atoms with Crippen molar-refractivity contribution in [3.05, 3.63) is 70.9 Å². The van der Waals surface area contributed by atoms with E-state index in [1.54, 1.807) is 18.5 Å². The normalized spacial score (nSPS) is 18.1. The summed E-state index contributed by atoms with van der Waals surface area (Å²) in [5.74, 6) is 1.76. The molecule has 1 amide bonds. The van der Waals surface area contributed by atoms with Gasteiger partial charge in [-0.1, -0.05) is 17.7 Å². The van der Waals surface area contributed by atoms with Gasteiger partial charge in [0.15, 0.2) is 23.3 Å². The second-order valence-corrected chi connectivity index (χ2v) is 9.04. The van der Waals surface area contributed by atoms with E-state index in [9.17, 15) is 9.18 Å². The highest BCUT2D eigenvalue weighted by Crippen LogP contribution is 2.41. The van der Waals surface area contributed by atoms with Crippen LogP contribution in [0.1, 0.15) is 48.8 Å². The molecular weight excluding hydrogens is 473 g/mol. The quantitative estimate of drug-likeness (QED) is 0.353. The first-order valence-corrected chi connectivity index (χ1v) is 11.5. The molecule has 10 nitrogen and oxygen atoms in total. The highest BCUT2D eigenvalue weighted by Gasteiger charge is 2.37. The molecule has 1 atom stereocenters. The van der Waals surface area contributed by atoms with Crippen molar-refractivity contribution in [3.63, 3.8) is 0 Å². The highest BCUT2D eigenvalue weighted by molar-refractivity contribution is 6.32. The Labute approximate surface area is 205 Å². The lowest BCUT2D eigenvalue weighted by Crippen LogP contribution is -2.39. The zero-order chi connectivity index (χ0) is 24.5. The van der Waals surface area contributed by atoms with Gasteiger partial charge in [-0.05, 0) is 38.3 Å². The van der Waals surface area contributed by atoms with Crippen molar-refractivity contribution in [2.75, 3.05) is 5.32 Å². The number of nitrogens with zero attached hydrogens (tertiary/aromatic N) is 6. The predicted molar refractivity (Wildman–Crippen MR) is 127 cm³/mol. The van der Waals surface area contributed by atoms with Gasteiger partial charge in [0.25, 0.3) is 0 Å². The third-order valence-electron chi connectivity index (χ3n) is 6.00. The first kappa shape index (κ1) is 22.9. The van der Waals surface area contributed by atoms with Crippen LogP contribution in [0.25, 0.3) is 5.82 Å². The third-order valence-corrected chi connectivity index (χ3v) is 6.28. The van der Waals surface area contributed by atoms with E-state index in [4.69, 9.17) is 11.6 Å². The van der Waals surface area contributed by atoms with Gasteiger partial charge in [-0.25, -0.2) is 24.0 Å². The van der Waals surface area contributed by atoms with E-state index < -0.39 is 5.82 Å². The van der Waals surface area contributed by atoms with Crippen molar-refractivity contribution in [1.82, 2.24) is 40.2 Å². The number of aryl methyl sites for hydroxylation is 1. The smallest absolute Gasteiger partial charge is 0.223 e. The van der Waals surface area contributed by atoms with Crippen LogP contribution in [0.15, 0.2) is 43.0 Å². The first-order chi connectivity index (χ1) is 16.9. The summed E-state index contributed by atoms with van der Waals surface area (Å²) in [5, 5.41) is 17.4. The molecule has 0 aromatic carbocycles. The predicted octanol–water partition coefficient (Wildman–Crippen LogP) is 4.00. The number of aromatic amines is 1. The summed E-state index contributed by atoms with van der Waals surface area (Å²) in [6.07, 6.45) is 6.90. The summed E-state index contributed by atoms with van der Waals surface area (Å²) in [5.41, 5.74) is 1.76. The molecule has 0 saturated heterocycles.